The number of nitrogens with one attached hydrogen (secondary N) is 1. The molecule has 9 rings (SSSR count). The molecule has 0 saturated carbocycles. The van der Waals surface area contributed by atoms with Crippen LogP contribution in [-0.2, 0) is 10.8 Å². The molecule has 0 spiro atoms. The highest BCUT2D eigenvalue weighted by Gasteiger charge is 2.50. The number of fused-ring (bicyclic) bond motifs is 6. The molecule has 6 aliphatic rings. The smallest absolute Gasteiger partial charge is 0.169 e. The third kappa shape index (κ3) is 4.47. The van der Waals surface area contributed by atoms with Crippen molar-refractivity contribution < 1.29 is 0 Å². The Labute approximate surface area is 285 Å². The van der Waals surface area contributed by atoms with E-state index in [0.717, 1.165) is 36.5 Å². The minimum atomic E-state index is -0.266. The molecule has 4 atom stereocenters. The Balaban J connectivity index is 1.08. The molecule has 1 aliphatic heterocycles. The van der Waals surface area contributed by atoms with Crippen molar-refractivity contribution in [3.05, 3.63) is 160 Å². The van der Waals surface area contributed by atoms with E-state index in [9.17, 15) is 0 Å². The number of allylic oxidation sites excluding steroid dienone is 10. The van der Waals surface area contributed by atoms with E-state index in [1.165, 1.54) is 50.1 Å². The lowest BCUT2D eigenvalue weighted by molar-refractivity contribution is 0.393. The molecule has 0 saturated heterocycles. The third-order valence-electron chi connectivity index (χ3n) is 11.8. The molecule has 3 aromatic carbocycles. The van der Waals surface area contributed by atoms with Crippen LogP contribution in [0, 0.1) is 11.8 Å². The first kappa shape index (κ1) is 29.4. The van der Waals surface area contributed by atoms with Gasteiger partial charge in [0.2, 0.25) is 0 Å². The van der Waals surface area contributed by atoms with E-state index in [-0.39, 0.29) is 22.9 Å². The van der Waals surface area contributed by atoms with Gasteiger partial charge < -0.3 is 5.32 Å². The highest BCUT2D eigenvalue weighted by molar-refractivity contribution is 6.11. The third-order valence-corrected chi connectivity index (χ3v) is 11.8. The number of nitrogens with zero attached hydrogens (tertiary/aromatic N) is 2. The van der Waals surface area contributed by atoms with Gasteiger partial charge in [0.1, 0.15) is 11.7 Å². The lowest BCUT2D eigenvalue weighted by Crippen LogP contribution is -2.40. The van der Waals surface area contributed by atoms with Gasteiger partial charge in [0.15, 0.2) is 6.17 Å². The highest BCUT2D eigenvalue weighted by atomic mass is 15.2. The van der Waals surface area contributed by atoms with Crippen molar-refractivity contribution in [3.8, 4) is 11.1 Å². The monoisotopic (exact) mass is 625 g/mol. The number of amidine groups is 2. The topological polar surface area (TPSA) is 36.8 Å². The summed E-state index contributed by atoms with van der Waals surface area (Å²) in [5.41, 5.74) is 13.7. The zero-order valence-corrected chi connectivity index (χ0v) is 28.4. The van der Waals surface area contributed by atoms with Gasteiger partial charge in [-0.05, 0) is 86.3 Å². The number of hydrogen-bond acceptors (Lipinski definition) is 3. The van der Waals surface area contributed by atoms with E-state index in [1.807, 2.05) is 0 Å². The molecule has 1 heterocycles. The van der Waals surface area contributed by atoms with E-state index < -0.39 is 0 Å². The van der Waals surface area contributed by atoms with E-state index in [4.69, 9.17) is 9.98 Å². The zero-order valence-electron chi connectivity index (χ0n) is 28.4. The molecule has 0 fully saturated rings. The lowest BCUT2D eigenvalue weighted by atomic mass is 9.70. The molecule has 0 aromatic heterocycles. The van der Waals surface area contributed by atoms with E-state index in [1.54, 1.807) is 0 Å². The molecular formula is C45H43N3. The van der Waals surface area contributed by atoms with Crippen molar-refractivity contribution in [2.75, 3.05) is 0 Å². The Morgan fingerprint density at radius 1 is 0.792 bits per heavy atom. The fourth-order valence-corrected chi connectivity index (χ4v) is 9.23. The number of hydrogen-bond donors (Lipinski definition) is 1. The number of aliphatic imine (C=N–C) groups is 2. The summed E-state index contributed by atoms with van der Waals surface area (Å²) >= 11 is 0. The Bertz CT molecular complexity index is 2090. The van der Waals surface area contributed by atoms with Gasteiger partial charge in [-0.1, -0.05) is 149 Å². The second kappa shape index (κ2) is 10.9. The van der Waals surface area contributed by atoms with Gasteiger partial charge in [-0.15, -0.1) is 0 Å². The SMILES string of the molecule is CC1(C)C2=CC3c4ccccc4C(C)(C)C3C=C2c2cccc(-c3ccc(C4N=C(C5=CC=CCC5)NC(C5C=CC=CC5)=N4)cc3)c21. The zero-order chi connectivity index (χ0) is 32.6. The van der Waals surface area contributed by atoms with Crippen molar-refractivity contribution in [1.82, 2.24) is 5.32 Å². The van der Waals surface area contributed by atoms with Crippen LogP contribution in [-0.4, -0.2) is 11.7 Å². The van der Waals surface area contributed by atoms with Crippen LogP contribution in [0.1, 0.15) is 86.9 Å². The van der Waals surface area contributed by atoms with Crippen LogP contribution in [0.2, 0.25) is 0 Å². The molecule has 1 N–H and O–H groups in total. The average Bonchev–Trinajstić information content (AvgIpc) is 3.50. The van der Waals surface area contributed by atoms with Crippen LogP contribution in [0.5, 0.6) is 0 Å². The fraction of sp³-hybridized carbons (Fsp3) is 0.289. The Morgan fingerprint density at radius 2 is 1.62 bits per heavy atom. The van der Waals surface area contributed by atoms with Crippen molar-refractivity contribution in [1.29, 1.82) is 0 Å². The summed E-state index contributed by atoms with van der Waals surface area (Å²) in [6.07, 6.45) is 23.3. The molecule has 0 amide bonds. The molecule has 4 unspecified atom stereocenters. The van der Waals surface area contributed by atoms with Gasteiger partial charge in [-0.25, -0.2) is 9.98 Å². The van der Waals surface area contributed by atoms with E-state index in [0.29, 0.717) is 11.8 Å². The largest absolute Gasteiger partial charge is 0.328 e. The van der Waals surface area contributed by atoms with Crippen LogP contribution >= 0.6 is 0 Å². The molecule has 238 valence electrons. The Morgan fingerprint density at radius 3 is 2.42 bits per heavy atom. The number of rotatable bonds is 4. The van der Waals surface area contributed by atoms with Crippen LogP contribution in [0.4, 0.5) is 0 Å². The fourth-order valence-electron chi connectivity index (χ4n) is 9.23. The van der Waals surface area contributed by atoms with Gasteiger partial charge in [0.05, 0.1) is 0 Å². The summed E-state index contributed by atoms with van der Waals surface area (Å²) in [5.74, 6) is 3.09. The highest BCUT2D eigenvalue weighted by Crippen LogP contribution is 2.61. The standard InChI is InChI=1S/C45H43N3/c1-44(2)37-21-12-11-18-33(37)35-26-39-36(27-38(35)44)34-20-13-19-32(40(34)45(39,3)4)28-22-24-31(25-23-28)43-47-41(29-14-7-5-8-15-29)46-42(48-43)30-16-9-6-10-17-30/h5-9,11-14,16,18-27,29,35,38,43H,10,15,17H2,1-4H3,(H,46,47,48). The maximum absolute atomic E-state index is 5.18. The van der Waals surface area contributed by atoms with Crippen molar-refractivity contribution in [2.45, 2.75) is 69.9 Å². The van der Waals surface area contributed by atoms with E-state index in [2.05, 4.69) is 154 Å². The molecule has 3 heteroatoms. The van der Waals surface area contributed by atoms with Crippen LogP contribution < -0.4 is 5.32 Å². The normalized spacial score (nSPS) is 27.0. The van der Waals surface area contributed by atoms with Crippen LogP contribution in [0.3, 0.4) is 0 Å². The molecule has 0 radical (unpaired) electrons. The van der Waals surface area contributed by atoms with Crippen LogP contribution in [0.15, 0.2) is 143 Å². The van der Waals surface area contributed by atoms with Gasteiger partial charge in [0.25, 0.3) is 0 Å². The van der Waals surface area contributed by atoms with Gasteiger partial charge >= 0.3 is 0 Å². The summed E-state index contributed by atoms with van der Waals surface area (Å²) in [7, 11) is 0. The molecule has 0 bridgehead atoms. The lowest BCUT2D eigenvalue weighted by Gasteiger charge is -2.34. The minimum absolute atomic E-state index is 0.0966. The average molecular weight is 626 g/mol. The quantitative estimate of drug-likeness (QED) is 0.308. The summed E-state index contributed by atoms with van der Waals surface area (Å²) < 4.78 is 0. The van der Waals surface area contributed by atoms with Gasteiger partial charge in [-0.2, -0.15) is 0 Å². The van der Waals surface area contributed by atoms with Crippen molar-refractivity contribution in [3.63, 3.8) is 0 Å². The summed E-state index contributed by atoms with van der Waals surface area (Å²) in [6.45, 7) is 9.71. The predicted molar refractivity (Wildman–Crippen MR) is 200 cm³/mol. The van der Waals surface area contributed by atoms with Crippen molar-refractivity contribution >= 4 is 17.2 Å². The second-order valence-electron chi connectivity index (χ2n) is 15.3. The van der Waals surface area contributed by atoms with Gasteiger partial charge in [-0.3, -0.25) is 0 Å². The predicted octanol–water partition coefficient (Wildman–Crippen LogP) is 10.5. The maximum Gasteiger partial charge on any atom is 0.169 e. The number of benzene rings is 3. The molecule has 3 nitrogen and oxygen atoms in total. The minimum Gasteiger partial charge on any atom is -0.328 e. The van der Waals surface area contributed by atoms with Crippen molar-refractivity contribution in [2.24, 2.45) is 21.8 Å². The Kier molecular flexibility index (Phi) is 6.66. The first-order valence-corrected chi connectivity index (χ1v) is 17.7. The first-order valence-electron chi connectivity index (χ1n) is 17.7. The van der Waals surface area contributed by atoms with Crippen LogP contribution in [0.25, 0.3) is 16.7 Å². The van der Waals surface area contributed by atoms with E-state index >= 15 is 0 Å². The molecule has 5 aliphatic carbocycles. The maximum atomic E-state index is 5.18. The Hall–Kier alpha value is -4.76. The summed E-state index contributed by atoms with van der Waals surface area (Å²) in [5, 5.41) is 3.62. The first-order chi connectivity index (χ1) is 23.3. The summed E-state index contributed by atoms with van der Waals surface area (Å²) in [6, 6.07) is 25.1. The summed E-state index contributed by atoms with van der Waals surface area (Å²) in [4.78, 5) is 10.3. The molecule has 3 aromatic rings. The molecule has 48 heavy (non-hydrogen) atoms. The molecular weight excluding hydrogens is 583 g/mol. The van der Waals surface area contributed by atoms with Gasteiger partial charge in [0, 0.05) is 17.3 Å². The second-order valence-corrected chi connectivity index (χ2v) is 15.3.